The number of nitro benzene ring substituents is 1. The van der Waals surface area contributed by atoms with E-state index >= 15 is 0 Å². The molecule has 0 atom stereocenters. The maximum Gasteiger partial charge on any atom is 0.355 e. The predicted octanol–water partition coefficient (Wildman–Crippen LogP) is 2.52. The van der Waals surface area contributed by atoms with Crippen LogP contribution in [0.15, 0.2) is 54.9 Å². The number of hydrogen-bond donors (Lipinski definition) is 2. The van der Waals surface area contributed by atoms with E-state index in [0.717, 1.165) is 6.33 Å². The average molecular weight is 482 g/mol. The zero-order valence-electron chi connectivity index (χ0n) is 18.1. The summed E-state index contributed by atoms with van der Waals surface area (Å²) in [6, 6.07) is 11.2. The average Bonchev–Trinajstić information content (AvgIpc) is 2.87. The maximum atomic E-state index is 14.1. The van der Waals surface area contributed by atoms with Crippen LogP contribution >= 0.6 is 0 Å². The Kier molecular flexibility index (Phi) is 6.62. The molecule has 1 saturated heterocycles. The molecule has 2 heterocycles. The van der Waals surface area contributed by atoms with E-state index in [1.54, 1.807) is 23.1 Å². The zero-order valence-corrected chi connectivity index (χ0v) is 18.1. The summed E-state index contributed by atoms with van der Waals surface area (Å²) in [7, 11) is 0. The number of anilines is 3. The number of hydrazine groups is 1. The van der Waals surface area contributed by atoms with E-state index in [2.05, 4.69) is 20.8 Å². The van der Waals surface area contributed by atoms with Crippen molar-refractivity contribution in [2.45, 2.75) is 0 Å². The van der Waals surface area contributed by atoms with Crippen LogP contribution in [0.25, 0.3) is 0 Å². The van der Waals surface area contributed by atoms with E-state index in [9.17, 15) is 29.4 Å². The molecule has 1 amide bonds. The van der Waals surface area contributed by atoms with Crippen LogP contribution in [0.1, 0.15) is 10.4 Å². The third-order valence-electron chi connectivity index (χ3n) is 5.39. The van der Waals surface area contributed by atoms with Gasteiger partial charge in [0, 0.05) is 43.9 Å². The third kappa shape index (κ3) is 5.05. The Hall–Kier alpha value is -4.88. The summed E-state index contributed by atoms with van der Waals surface area (Å²) in [4.78, 5) is 45.2. The highest BCUT2D eigenvalue weighted by molar-refractivity contribution is 5.95. The molecule has 14 heteroatoms. The third-order valence-corrected chi connectivity index (χ3v) is 5.39. The van der Waals surface area contributed by atoms with Gasteiger partial charge in [-0.3, -0.25) is 35.9 Å². The second-order valence-electron chi connectivity index (χ2n) is 7.46. The Balaban J connectivity index is 1.47. The van der Waals surface area contributed by atoms with Gasteiger partial charge in [-0.15, -0.1) is 0 Å². The van der Waals surface area contributed by atoms with E-state index < -0.39 is 21.4 Å². The van der Waals surface area contributed by atoms with Crippen LogP contribution in [0.2, 0.25) is 0 Å². The Labute approximate surface area is 197 Å². The Morgan fingerprint density at radius 1 is 0.914 bits per heavy atom. The number of piperazine rings is 1. The van der Waals surface area contributed by atoms with Crippen LogP contribution in [-0.4, -0.2) is 51.9 Å². The Morgan fingerprint density at radius 3 is 2.20 bits per heavy atom. The molecule has 0 radical (unpaired) electrons. The van der Waals surface area contributed by atoms with Gasteiger partial charge in [-0.25, -0.2) is 14.4 Å². The summed E-state index contributed by atoms with van der Waals surface area (Å²) >= 11 is 0. The normalized spacial score (nSPS) is 13.3. The molecule has 0 spiro atoms. The molecule has 1 aliphatic rings. The van der Waals surface area contributed by atoms with Gasteiger partial charge in [-0.2, -0.15) is 0 Å². The number of rotatable bonds is 7. The summed E-state index contributed by atoms with van der Waals surface area (Å²) < 4.78 is 14.1. The molecule has 0 saturated carbocycles. The molecule has 4 rings (SSSR count). The number of carbonyl (C=O) groups excluding carboxylic acids is 1. The number of aromatic nitrogens is 2. The molecule has 2 aromatic carbocycles. The molecule has 0 bridgehead atoms. The topological polar surface area (TPSA) is 160 Å². The van der Waals surface area contributed by atoms with Crippen molar-refractivity contribution in [1.82, 2.24) is 15.4 Å². The number of amides is 1. The van der Waals surface area contributed by atoms with Gasteiger partial charge in [-0.1, -0.05) is 12.1 Å². The number of halogens is 1. The van der Waals surface area contributed by atoms with Crippen LogP contribution in [0, 0.1) is 26.0 Å². The SMILES string of the molecule is O=C(NNc1ncnc(N2CCN(c3ccccc3F)CC2)c1[N+](=O)[O-])c1ccc([N+](=O)[O-])cc1. The highest BCUT2D eigenvalue weighted by Crippen LogP contribution is 2.32. The van der Waals surface area contributed by atoms with Crippen molar-refractivity contribution >= 4 is 34.6 Å². The van der Waals surface area contributed by atoms with Crippen molar-refractivity contribution in [2.75, 3.05) is 41.4 Å². The standard InChI is InChI=1S/C21H19FN8O5/c22-16-3-1-2-4-17(16)27-9-11-28(12-10-27)20-18(30(34)35)19(23-13-24-20)25-26-21(31)14-5-7-15(8-6-14)29(32)33/h1-8,13H,9-12H2,(H,26,31)(H,23,24,25). The monoisotopic (exact) mass is 482 g/mol. The number of carbonyl (C=O) groups is 1. The van der Waals surface area contributed by atoms with Crippen LogP contribution in [0.5, 0.6) is 0 Å². The minimum absolute atomic E-state index is 0.0604. The lowest BCUT2D eigenvalue weighted by molar-refractivity contribution is -0.384. The number of nitrogens with one attached hydrogen (secondary N) is 2. The van der Waals surface area contributed by atoms with Crippen molar-refractivity contribution in [1.29, 1.82) is 0 Å². The first-order chi connectivity index (χ1) is 16.8. The van der Waals surface area contributed by atoms with Gasteiger partial charge < -0.3 is 9.80 Å². The van der Waals surface area contributed by atoms with Gasteiger partial charge >= 0.3 is 5.69 Å². The zero-order chi connectivity index (χ0) is 24.9. The summed E-state index contributed by atoms with van der Waals surface area (Å²) in [5, 5.41) is 22.6. The van der Waals surface area contributed by atoms with Crippen LogP contribution in [0.3, 0.4) is 0 Å². The largest absolute Gasteiger partial charge is 0.366 e. The molecule has 1 fully saturated rings. The number of para-hydroxylation sites is 1. The lowest BCUT2D eigenvalue weighted by Gasteiger charge is -2.36. The fourth-order valence-electron chi connectivity index (χ4n) is 3.65. The van der Waals surface area contributed by atoms with Gasteiger partial charge in [0.1, 0.15) is 12.1 Å². The lowest BCUT2D eigenvalue weighted by Crippen LogP contribution is -2.47. The first-order valence-electron chi connectivity index (χ1n) is 10.4. The number of nitrogens with zero attached hydrogens (tertiary/aromatic N) is 6. The van der Waals surface area contributed by atoms with Crippen molar-refractivity contribution in [3.05, 3.63) is 86.5 Å². The van der Waals surface area contributed by atoms with E-state index in [1.165, 1.54) is 30.3 Å². The highest BCUT2D eigenvalue weighted by atomic mass is 19.1. The van der Waals surface area contributed by atoms with Crippen molar-refractivity contribution < 1.29 is 19.0 Å². The van der Waals surface area contributed by atoms with Crippen molar-refractivity contribution in [2.24, 2.45) is 0 Å². The van der Waals surface area contributed by atoms with Crippen LogP contribution in [-0.2, 0) is 0 Å². The first-order valence-corrected chi connectivity index (χ1v) is 10.4. The summed E-state index contributed by atoms with van der Waals surface area (Å²) in [5.74, 6) is -1.19. The summed E-state index contributed by atoms with van der Waals surface area (Å²) in [6.45, 7) is 1.53. The van der Waals surface area contributed by atoms with E-state index in [1.807, 2.05) is 4.90 Å². The second kappa shape index (κ2) is 9.94. The minimum Gasteiger partial charge on any atom is -0.366 e. The smallest absolute Gasteiger partial charge is 0.355 e. The molecular formula is C21H19FN8O5. The van der Waals surface area contributed by atoms with Gasteiger partial charge in [-0.05, 0) is 24.3 Å². The molecule has 1 aliphatic heterocycles. The second-order valence-corrected chi connectivity index (χ2v) is 7.46. The molecule has 35 heavy (non-hydrogen) atoms. The van der Waals surface area contributed by atoms with E-state index in [-0.39, 0.29) is 28.7 Å². The summed E-state index contributed by atoms with van der Waals surface area (Å²) in [5.41, 5.74) is 4.69. The number of non-ortho nitro benzene ring substituents is 1. The highest BCUT2D eigenvalue weighted by Gasteiger charge is 2.30. The maximum absolute atomic E-state index is 14.1. The van der Waals surface area contributed by atoms with Gasteiger partial charge in [0.15, 0.2) is 0 Å². The van der Waals surface area contributed by atoms with E-state index in [4.69, 9.17) is 0 Å². The molecule has 0 unspecified atom stereocenters. The summed E-state index contributed by atoms with van der Waals surface area (Å²) in [6.07, 6.45) is 1.13. The quantitative estimate of drug-likeness (QED) is 0.378. The number of benzene rings is 2. The molecule has 13 nitrogen and oxygen atoms in total. The predicted molar refractivity (Wildman–Crippen MR) is 124 cm³/mol. The molecule has 180 valence electrons. The number of hydrogen-bond acceptors (Lipinski definition) is 10. The number of nitro groups is 2. The molecule has 1 aromatic heterocycles. The van der Waals surface area contributed by atoms with Crippen molar-refractivity contribution in [3.8, 4) is 0 Å². The first kappa shape index (κ1) is 23.3. The fraction of sp³-hybridized carbons (Fsp3) is 0.190. The Bertz CT molecular complexity index is 1260. The van der Waals surface area contributed by atoms with Crippen molar-refractivity contribution in [3.63, 3.8) is 0 Å². The fourth-order valence-corrected chi connectivity index (χ4v) is 3.65. The van der Waals surface area contributed by atoms with Gasteiger partial charge in [0.05, 0.1) is 15.5 Å². The lowest BCUT2D eigenvalue weighted by atomic mass is 10.2. The molecule has 0 aliphatic carbocycles. The molecular weight excluding hydrogens is 463 g/mol. The van der Waals surface area contributed by atoms with Crippen LogP contribution in [0.4, 0.5) is 33.1 Å². The molecule has 2 N–H and O–H groups in total. The molecule has 3 aromatic rings. The Morgan fingerprint density at radius 2 is 1.57 bits per heavy atom. The van der Waals surface area contributed by atoms with Gasteiger partial charge in [0.2, 0.25) is 11.6 Å². The van der Waals surface area contributed by atoms with Gasteiger partial charge in [0.25, 0.3) is 11.6 Å². The minimum atomic E-state index is -0.673. The van der Waals surface area contributed by atoms with Crippen LogP contribution < -0.4 is 20.7 Å². The van der Waals surface area contributed by atoms with E-state index in [0.29, 0.717) is 31.9 Å².